The van der Waals surface area contributed by atoms with Crippen molar-refractivity contribution in [3.8, 4) is 17.1 Å². The van der Waals surface area contributed by atoms with Crippen molar-refractivity contribution >= 4 is 23.0 Å². The lowest BCUT2D eigenvalue weighted by atomic mass is 10.0. The highest BCUT2D eigenvalue weighted by Gasteiger charge is 2.43. The van der Waals surface area contributed by atoms with E-state index in [1.54, 1.807) is 29.3 Å². The van der Waals surface area contributed by atoms with Crippen molar-refractivity contribution in [1.29, 1.82) is 0 Å². The van der Waals surface area contributed by atoms with Crippen molar-refractivity contribution in [3.63, 3.8) is 0 Å². The minimum absolute atomic E-state index is 0.308. The first-order chi connectivity index (χ1) is 16.2. The Kier molecular flexibility index (Phi) is 5.79. The molecule has 1 saturated heterocycles. The molecule has 0 radical (unpaired) electrons. The van der Waals surface area contributed by atoms with E-state index in [2.05, 4.69) is 10.3 Å². The number of thiocarbonyl (C=S) groups is 1. The molecule has 1 fully saturated rings. The Morgan fingerprint density at radius 2 is 1.82 bits per heavy atom. The van der Waals surface area contributed by atoms with Gasteiger partial charge in [0.25, 0.3) is 0 Å². The van der Waals surface area contributed by atoms with Crippen molar-refractivity contribution in [3.05, 3.63) is 102 Å². The van der Waals surface area contributed by atoms with E-state index < -0.39 is 6.04 Å². The lowest BCUT2D eigenvalue weighted by Crippen LogP contribution is -2.30. The number of hydrogen-bond acceptors (Lipinski definition) is 4. The van der Waals surface area contributed by atoms with Crippen LogP contribution in [0.3, 0.4) is 0 Å². The summed E-state index contributed by atoms with van der Waals surface area (Å²) in [6.45, 7) is 2.56. The molecule has 0 bridgehead atoms. The first-order valence-electron chi connectivity index (χ1n) is 10.7. The molecule has 5 nitrogen and oxygen atoms in total. The normalized spacial score (nSPS) is 17.8. The van der Waals surface area contributed by atoms with Gasteiger partial charge in [-0.25, -0.2) is 4.39 Å². The first kappa shape index (κ1) is 21.2. The number of furan rings is 1. The van der Waals surface area contributed by atoms with Gasteiger partial charge in [-0.15, -0.1) is 0 Å². The maximum Gasteiger partial charge on any atom is 0.174 e. The third-order valence-corrected chi connectivity index (χ3v) is 5.89. The number of para-hydroxylation sites is 1. The molecule has 0 aliphatic carbocycles. The molecule has 5 rings (SSSR count). The number of rotatable bonds is 6. The summed E-state index contributed by atoms with van der Waals surface area (Å²) in [7, 11) is 0. The zero-order chi connectivity index (χ0) is 22.8. The van der Waals surface area contributed by atoms with Gasteiger partial charge in [0.05, 0.1) is 24.0 Å². The van der Waals surface area contributed by atoms with Gasteiger partial charge in [0.2, 0.25) is 0 Å². The SMILES string of the molecule is CCOc1ccc(-c2ccc([C@H]3[C@H](c4ccccn4)NC(=S)N3c3ccccc3F)o2)cc1. The lowest BCUT2D eigenvalue weighted by molar-refractivity contribution is 0.340. The molecule has 2 aromatic heterocycles. The Morgan fingerprint density at radius 1 is 1.03 bits per heavy atom. The van der Waals surface area contributed by atoms with Crippen LogP contribution in [0, 0.1) is 5.82 Å². The van der Waals surface area contributed by atoms with E-state index in [4.69, 9.17) is 21.4 Å². The molecule has 2 atom stereocenters. The van der Waals surface area contributed by atoms with Gasteiger partial charge in [-0.3, -0.25) is 4.98 Å². The summed E-state index contributed by atoms with van der Waals surface area (Å²) in [4.78, 5) is 6.28. The van der Waals surface area contributed by atoms with Gasteiger partial charge in [-0.05, 0) is 79.8 Å². The second-order valence-corrected chi connectivity index (χ2v) is 7.99. The van der Waals surface area contributed by atoms with E-state index in [0.717, 1.165) is 17.0 Å². The zero-order valence-electron chi connectivity index (χ0n) is 17.9. The van der Waals surface area contributed by atoms with Crippen LogP contribution in [0.1, 0.15) is 30.5 Å². The molecular weight excluding hydrogens is 437 g/mol. The van der Waals surface area contributed by atoms with Gasteiger partial charge in [-0.1, -0.05) is 18.2 Å². The maximum atomic E-state index is 14.8. The molecule has 1 aliphatic heterocycles. The monoisotopic (exact) mass is 459 g/mol. The molecule has 1 N–H and O–H groups in total. The predicted molar refractivity (Wildman–Crippen MR) is 130 cm³/mol. The summed E-state index contributed by atoms with van der Waals surface area (Å²) in [5.41, 5.74) is 2.10. The van der Waals surface area contributed by atoms with Crippen molar-refractivity contribution < 1.29 is 13.5 Å². The van der Waals surface area contributed by atoms with Gasteiger partial charge in [0, 0.05) is 11.8 Å². The number of aromatic nitrogens is 1. The van der Waals surface area contributed by atoms with Crippen LogP contribution in [0.2, 0.25) is 0 Å². The molecule has 0 unspecified atom stereocenters. The molecule has 1 aliphatic rings. The lowest BCUT2D eigenvalue weighted by Gasteiger charge is -2.26. The highest BCUT2D eigenvalue weighted by atomic mass is 32.1. The summed E-state index contributed by atoms with van der Waals surface area (Å²) in [6, 6.07) is 23.1. The first-order valence-corrected chi connectivity index (χ1v) is 11.1. The van der Waals surface area contributed by atoms with E-state index >= 15 is 0 Å². The number of pyridine rings is 1. The molecule has 2 aromatic carbocycles. The van der Waals surface area contributed by atoms with Crippen LogP contribution >= 0.6 is 12.2 Å². The third kappa shape index (κ3) is 4.07. The number of benzene rings is 2. The zero-order valence-corrected chi connectivity index (χ0v) is 18.8. The molecule has 0 saturated carbocycles. The average molecular weight is 460 g/mol. The van der Waals surface area contributed by atoms with E-state index in [1.165, 1.54) is 6.07 Å². The molecule has 33 heavy (non-hydrogen) atoms. The molecule has 166 valence electrons. The highest BCUT2D eigenvalue weighted by Crippen LogP contribution is 2.43. The fourth-order valence-corrected chi connectivity index (χ4v) is 4.44. The standard InChI is InChI=1S/C26H22FN3O2S/c1-2-31-18-12-10-17(11-13-18)22-14-15-23(32-22)25-24(20-8-5-6-16-28-20)29-26(33)30(25)21-9-4-3-7-19(21)27/h3-16,24-25H,2H2,1H3,(H,29,33)/t24-,25-/m0/s1. The fourth-order valence-electron chi connectivity index (χ4n) is 4.10. The predicted octanol–water partition coefficient (Wildman–Crippen LogP) is 6.06. The minimum atomic E-state index is -0.416. The van der Waals surface area contributed by atoms with Crippen LogP contribution in [0.4, 0.5) is 10.1 Å². The van der Waals surface area contributed by atoms with E-state index in [-0.39, 0.29) is 11.9 Å². The van der Waals surface area contributed by atoms with Crippen LogP contribution in [-0.2, 0) is 0 Å². The Morgan fingerprint density at radius 3 is 2.55 bits per heavy atom. The quantitative estimate of drug-likeness (QED) is 0.354. The number of anilines is 1. The summed E-state index contributed by atoms with van der Waals surface area (Å²) in [5, 5.41) is 3.73. The van der Waals surface area contributed by atoms with Crippen LogP contribution < -0.4 is 15.0 Å². The number of nitrogens with one attached hydrogen (secondary N) is 1. The van der Waals surface area contributed by atoms with E-state index in [1.807, 2.05) is 61.5 Å². The topological polar surface area (TPSA) is 50.5 Å². The van der Waals surface area contributed by atoms with Crippen LogP contribution in [0.25, 0.3) is 11.3 Å². The number of hydrogen-bond donors (Lipinski definition) is 1. The number of halogens is 1. The van der Waals surface area contributed by atoms with Crippen molar-refractivity contribution in [2.24, 2.45) is 0 Å². The maximum absolute atomic E-state index is 14.8. The van der Waals surface area contributed by atoms with Crippen molar-refractivity contribution in [2.75, 3.05) is 11.5 Å². The molecule has 4 aromatic rings. The van der Waals surface area contributed by atoms with Crippen LogP contribution in [-0.4, -0.2) is 16.7 Å². The summed E-state index contributed by atoms with van der Waals surface area (Å²) in [5.74, 6) is 1.81. The largest absolute Gasteiger partial charge is 0.494 e. The fraction of sp³-hybridized carbons (Fsp3) is 0.154. The van der Waals surface area contributed by atoms with Crippen molar-refractivity contribution in [1.82, 2.24) is 10.3 Å². The Bertz CT molecular complexity index is 1260. The van der Waals surface area contributed by atoms with Gasteiger partial charge in [0.15, 0.2) is 5.11 Å². The molecule has 7 heteroatoms. The van der Waals surface area contributed by atoms with Gasteiger partial charge < -0.3 is 19.4 Å². The Labute approximate surface area is 196 Å². The average Bonchev–Trinajstić information content (AvgIpc) is 3.45. The molecule has 0 spiro atoms. The van der Waals surface area contributed by atoms with Crippen LogP contribution in [0.15, 0.2) is 89.5 Å². The van der Waals surface area contributed by atoms with E-state index in [0.29, 0.717) is 28.9 Å². The van der Waals surface area contributed by atoms with Crippen molar-refractivity contribution in [2.45, 2.75) is 19.0 Å². The second-order valence-electron chi connectivity index (χ2n) is 7.61. The van der Waals surface area contributed by atoms with Gasteiger partial charge in [-0.2, -0.15) is 0 Å². The summed E-state index contributed by atoms with van der Waals surface area (Å²) < 4.78 is 26.7. The Balaban J connectivity index is 1.56. The minimum Gasteiger partial charge on any atom is -0.494 e. The third-order valence-electron chi connectivity index (χ3n) is 5.58. The summed E-state index contributed by atoms with van der Waals surface area (Å²) >= 11 is 5.64. The molecular formula is C26H22FN3O2S. The molecule has 3 heterocycles. The number of nitrogens with zero attached hydrogens (tertiary/aromatic N) is 2. The van der Waals surface area contributed by atoms with Gasteiger partial charge in [0.1, 0.15) is 29.1 Å². The second kappa shape index (κ2) is 9.03. The summed E-state index contributed by atoms with van der Waals surface area (Å²) in [6.07, 6.45) is 1.73. The highest BCUT2D eigenvalue weighted by molar-refractivity contribution is 7.80. The van der Waals surface area contributed by atoms with E-state index in [9.17, 15) is 4.39 Å². The number of ether oxygens (including phenoxy) is 1. The van der Waals surface area contributed by atoms with Crippen LogP contribution in [0.5, 0.6) is 5.75 Å². The smallest absolute Gasteiger partial charge is 0.174 e. The van der Waals surface area contributed by atoms with Gasteiger partial charge >= 0.3 is 0 Å². The Hall–Kier alpha value is -3.71. The molecule has 0 amide bonds.